The van der Waals surface area contributed by atoms with Crippen LogP contribution in [0.15, 0.2) is 64.5 Å². The maximum atomic E-state index is 13.6. The fourth-order valence-electron chi connectivity index (χ4n) is 4.55. The summed E-state index contributed by atoms with van der Waals surface area (Å²) in [5.41, 5.74) is 2.22. The van der Waals surface area contributed by atoms with E-state index in [0.717, 1.165) is 20.7 Å². The Bertz CT molecular complexity index is 1230. The molecule has 1 atom stereocenters. The van der Waals surface area contributed by atoms with E-state index in [9.17, 15) is 13.8 Å². The number of aromatic nitrogens is 1. The Morgan fingerprint density at radius 2 is 1.81 bits per heavy atom. The van der Waals surface area contributed by atoms with Gasteiger partial charge in [-0.2, -0.15) is 0 Å². The van der Waals surface area contributed by atoms with Crippen LogP contribution in [0.5, 0.6) is 0 Å². The van der Waals surface area contributed by atoms with Gasteiger partial charge in [0.15, 0.2) is 0 Å². The molecular weight excluding hydrogens is 494 g/mol. The topological polar surface area (TPSA) is 91.6 Å². The van der Waals surface area contributed by atoms with Crippen LogP contribution in [-0.4, -0.2) is 49.2 Å². The lowest BCUT2D eigenvalue weighted by atomic mass is 9.99. The Morgan fingerprint density at radius 1 is 1.08 bits per heavy atom. The summed E-state index contributed by atoms with van der Waals surface area (Å²) >= 11 is 1.61. The summed E-state index contributed by atoms with van der Waals surface area (Å²) < 4.78 is 19.1. The smallest absolute Gasteiger partial charge is 0.303 e. The van der Waals surface area contributed by atoms with E-state index in [1.165, 1.54) is 5.56 Å². The maximum absolute atomic E-state index is 13.6. The van der Waals surface area contributed by atoms with Gasteiger partial charge in [0, 0.05) is 48.5 Å². The molecule has 1 aromatic heterocycles. The highest BCUT2D eigenvalue weighted by molar-refractivity contribution is 7.98. The van der Waals surface area contributed by atoms with Gasteiger partial charge in [0.1, 0.15) is 11.0 Å². The zero-order valence-corrected chi connectivity index (χ0v) is 22.3. The van der Waals surface area contributed by atoms with Crippen molar-refractivity contribution in [1.29, 1.82) is 0 Å². The predicted octanol–water partition coefficient (Wildman–Crippen LogP) is 5.18. The van der Waals surface area contributed by atoms with E-state index < -0.39 is 17.0 Å². The molecule has 2 aromatic carbocycles. The molecule has 192 valence electrons. The minimum atomic E-state index is -1.40. The molecule has 0 saturated carbocycles. The standard InChI is InChI=1S/C27H33N3O4S2/c1-19(2)22-10-6-11-23-27(22)24(18-30(23)35-21-8-4-3-5-9-21)36(34)28-20-14-16-29(17-15-20)25(31)12-7-13-26(32)33/h3-6,8-11,18-20,28H,7,12-17H2,1-2H3,(H,32,33). The van der Waals surface area contributed by atoms with Crippen LogP contribution in [-0.2, 0) is 20.6 Å². The average Bonchev–Trinajstić information content (AvgIpc) is 3.23. The fourth-order valence-corrected chi connectivity index (χ4v) is 6.81. The number of carbonyl (C=O) groups is 2. The van der Waals surface area contributed by atoms with Crippen LogP contribution in [0.1, 0.15) is 57.4 Å². The normalized spacial score (nSPS) is 15.5. The van der Waals surface area contributed by atoms with Crippen molar-refractivity contribution in [2.45, 2.75) is 67.7 Å². The zero-order valence-electron chi connectivity index (χ0n) is 20.7. The molecular formula is C27H33N3O4S2. The summed E-state index contributed by atoms with van der Waals surface area (Å²) in [7, 11) is -1.40. The van der Waals surface area contributed by atoms with Crippen LogP contribution < -0.4 is 4.72 Å². The second kappa shape index (κ2) is 12.1. The van der Waals surface area contributed by atoms with Gasteiger partial charge < -0.3 is 10.0 Å². The summed E-state index contributed by atoms with van der Waals surface area (Å²) in [6, 6.07) is 16.4. The van der Waals surface area contributed by atoms with Crippen LogP contribution in [0.2, 0.25) is 0 Å². The minimum Gasteiger partial charge on any atom is -0.481 e. The predicted molar refractivity (Wildman–Crippen MR) is 144 cm³/mol. The first-order valence-corrected chi connectivity index (χ1v) is 14.3. The molecule has 7 nitrogen and oxygen atoms in total. The van der Waals surface area contributed by atoms with Crippen molar-refractivity contribution in [2.75, 3.05) is 13.1 Å². The summed E-state index contributed by atoms with van der Waals surface area (Å²) in [5, 5.41) is 9.81. The molecule has 3 aromatic rings. The summed E-state index contributed by atoms with van der Waals surface area (Å²) in [6.45, 7) is 5.48. The molecule has 0 bridgehead atoms. The van der Waals surface area contributed by atoms with Gasteiger partial charge in [0.05, 0.1) is 10.4 Å². The van der Waals surface area contributed by atoms with Crippen LogP contribution >= 0.6 is 11.9 Å². The number of nitrogens with one attached hydrogen (secondary N) is 1. The largest absolute Gasteiger partial charge is 0.481 e. The maximum Gasteiger partial charge on any atom is 0.303 e. The zero-order chi connectivity index (χ0) is 25.7. The number of carboxylic acid groups (broad SMARTS) is 1. The van der Waals surface area contributed by atoms with E-state index in [0.29, 0.717) is 32.4 Å². The number of likely N-dealkylation sites (tertiary alicyclic amines) is 1. The van der Waals surface area contributed by atoms with Gasteiger partial charge in [-0.25, -0.2) is 8.93 Å². The molecule has 2 N–H and O–H groups in total. The average molecular weight is 528 g/mol. The number of piperidine rings is 1. The van der Waals surface area contributed by atoms with E-state index in [4.69, 9.17) is 5.11 Å². The van der Waals surface area contributed by atoms with Gasteiger partial charge in [0.25, 0.3) is 0 Å². The quantitative estimate of drug-likeness (QED) is 0.379. The van der Waals surface area contributed by atoms with Crippen molar-refractivity contribution in [2.24, 2.45) is 0 Å². The van der Waals surface area contributed by atoms with Gasteiger partial charge in [-0.15, -0.1) is 0 Å². The number of carboxylic acids is 1. The Balaban J connectivity index is 1.48. The summed E-state index contributed by atoms with van der Waals surface area (Å²) in [5.74, 6) is -0.590. The number of hydrogen-bond donors (Lipinski definition) is 2. The van der Waals surface area contributed by atoms with E-state index in [1.807, 2.05) is 24.4 Å². The lowest BCUT2D eigenvalue weighted by molar-refractivity contribution is -0.137. The number of rotatable bonds is 10. The minimum absolute atomic E-state index is 0.00148. The molecule has 1 aliphatic heterocycles. The van der Waals surface area contributed by atoms with E-state index in [-0.39, 0.29) is 30.7 Å². The molecule has 1 amide bonds. The SMILES string of the molecule is CC(C)c1cccc2c1c(S(=O)NC1CCN(C(=O)CCCC(=O)O)CC1)cn2Sc1ccccc1. The van der Waals surface area contributed by atoms with Gasteiger partial charge in [-0.3, -0.25) is 13.6 Å². The second-order valence-electron chi connectivity index (χ2n) is 9.41. The number of fused-ring (bicyclic) bond motifs is 1. The Labute approximate surface area is 219 Å². The molecule has 0 radical (unpaired) electrons. The first-order chi connectivity index (χ1) is 17.3. The van der Waals surface area contributed by atoms with Gasteiger partial charge in [-0.05, 0) is 60.9 Å². The third-order valence-electron chi connectivity index (χ3n) is 6.46. The monoisotopic (exact) mass is 527 g/mol. The third-order valence-corrected chi connectivity index (χ3v) is 8.70. The molecule has 2 heterocycles. The molecule has 1 fully saturated rings. The number of amides is 1. The Kier molecular flexibility index (Phi) is 8.87. The number of nitrogens with zero attached hydrogens (tertiary/aromatic N) is 2. The number of hydrogen-bond acceptors (Lipinski definition) is 4. The number of aliphatic carboxylic acids is 1. The number of carbonyl (C=O) groups excluding carboxylic acids is 1. The molecule has 1 aliphatic rings. The molecule has 36 heavy (non-hydrogen) atoms. The van der Waals surface area contributed by atoms with E-state index in [1.54, 1.807) is 16.8 Å². The molecule has 0 spiro atoms. The highest BCUT2D eigenvalue weighted by Crippen LogP contribution is 2.35. The third kappa shape index (κ3) is 6.38. The van der Waals surface area contributed by atoms with Crippen molar-refractivity contribution < 1.29 is 18.9 Å². The molecule has 9 heteroatoms. The van der Waals surface area contributed by atoms with Crippen LogP contribution in [0, 0.1) is 0 Å². The molecule has 0 aliphatic carbocycles. The van der Waals surface area contributed by atoms with E-state index >= 15 is 0 Å². The Hall–Kier alpha value is -2.62. The van der Waals surface area contributed by atoms with Crippen molar-refractivity contribution in [3.05, 3.63) is 60.3 Å². The molecule has 1 unspecified atom stereocenters. The molecule has 1 saturated heterocycles. The summed E-state index contributed by atoms with van der Waals surface area (Å²) in [4.78, 5) is 26.7. The first kappa shape index (κ1) is 26.4. The van der Waals surface area contributed by atoms with Gasteiger partial charge >= 0.3 is 5.97 Å². The van der Waals surface area contributed by atoms with Crippen molar-refractivity contribution in [3.8, 4) is 0 Å². The first-order valence-electron chi connectivity index (χ1n) is 12.4. The van der Waals surface area contributed by atoms with Crippen molar-refractivity contribution >= 4 is 45.7 Å². The van der Waals surface area contributed by atoms with Crippen LogP contribution in [0.4, 0.5) is 0 Å². The highest BCUT2D eigenvalue weighted by atomic mass is 32.2. The molecule has 4 rings (SSSR count). The highest BCUT2D eigenvalue weighted by Gasteiger charge is 2.26. The Morgan fingerprint density at radius 3 is 2.47 bits per heavy atom. The van der Waals surface area contributed by atoms with Crippen molar-refractivity contribution in [1.82, 2.24) is 13.6 Å². The van der Waals surface area contributed by atoms with Gasteiger partial charge in [0.2, 0.25) is 5.91 Å². The van der Waals surface area contributed by atoms with Crippen LogP contribution in [0.3, 0.4) is 0 Å². The number of benzene rings is 2. The fraction of sp³-hybridized carbons (Fsp3) is 0.407. The lowest BCUT2D eigenvalue weighted by Gasteiger charge is -2.32. The van der Waals surface area contributed by atoms with Crippen LogP contribution in [0.25, 0.3) is 10.9 Å². The van der Waals surface area contributed by atoms with E-state index in [2.05, 4.69) is 52.9 Å². The van der Waals surface area contributed by atoms with Gasteiger partial charge in [-0.1, -0.05) is 44.2 Å². The summed E-state index contributed by atoms with van der Waals surface area (Å²) in [6.07, 6.45) is 4.04. The lowest BCUT2D eigenvalue weighted by Crippen LogP contribution is -2.45. The second-order valence-corrected chi connectivity index (χ2v) is 11.7. The van der Waals surface area contributed by atoms with Crippen molar-refractivity contribution in [3.63, 3.8) is 0 Å².